The summed E-state index contributed by atoms with van der Waals surface area (Å²) < 4.78 is 13.4. The van der Waals surface area contributed by atoms with Gasteiger partial charge in [-0.1, -0.05) is 72.8 Å². The second-order valence-electron chi connectivity index (χ2n) is 7.83. The van der Waals surface area contributed by atoms with Gasteiger partial charge >= 0.3 is 0 Å². The van der Waals surface area contributed by atoms with Gasteiger partial charge in [0.1, 0.15) is 11.6 Å². The number of hydrogen-bond donors (Lipinski definition) is 1. The number of pyridine rings is 1. The molecular formula is C28H26FN3O. The van der Waals surface area contributed by atoms with E-state index in [1.807, 2.05) is 72.8 Å². The molecule has 33 heavy (non-hydrogen) atoms. The predicted molar refractivity (Wildman–Crippen MR) is 130 cm³/mol. The number of aromatic nitrogens is 1. The van der Waals surface area contributed by atoms with Crippen LogP contribution in [0.25, 0.3) is 0 Å². The molecule has 0 radical (unpaired) electrons. The van der Waals surface area contributed by atoms with Crippen molar-refractivity contribution in [1.82, 2.24) is 4.98 Å². The molecule has 4 rings (SSSR count). The normalized spacial score (nSPS) is 10.6. The van der Waals surface area contributed by atoms with Gasteiger partial charge in [0, 0.05) is 30.9 Å². The van der Waals surface area contributed by atoms with Crippen molar-refractivity contribution in [3.05, 3.63) is 126 Å². The summed E-state index contributed by atoms with van der Waals surface area (Å²) in [5.41, 5.74) is 3.88. The third kappa shape index (κ3) is 6.50. The van der Waals surface area contributed by atoms with Gasteiger partial charge in [-0.05, 0) is 41.3 Å². The topological polar surface area (TPSA) is 45.2 Å². The molecule has 1 aromatic heterocycles. The molecule has 5 heteroatoms. The second-order valence-corrected chi connectivity index (χ2v) is 7.83. The molecular weight excluding hydrogens is 413 g/mol. The van der Waals surface area contributed by atoms with Crippen molar-refractivity contribution in [1.29, 1.82) is 0 Å². The van der Waals surface area contributed by atoms with E-state index in [1.165, 1.54) is 12.1 Å². The molecule has 4 nitrogen and oxygen atoms in total. The lowest BCUT2D eigenvalue weighted by atomic mass is 10.1. The first-order chi connectivity index (χ1) is 16.2. The van der Waals surface area contributed by atoms with Crippen LogP contribution >= 0.6 is 0 Å². The van der Waals surface area contributed by atoms with Gasteiger partial charge in [-0.2, -0.15) is 0 Å². The van der Waals surface area contributed by atoms with E-state index >= 15 is 0 Å². The number of carbonyl (C=O) groups excluding carboxylic acids is 1. The monoisotopic (exact) mass is 439 g/mol. The molecule has 0 atom stereocenters. The highest BCUT2D eigenvalue weighted by Crippen LogP contribution is 2.22. The van der Waals surface area contributed by atoms with Crippen molar-refractivity contribution >= 4 is 17.4 Å². The van der Waals surface area contributed by atoms with Crippen LogP contribution in [-0.2, 0) is 24.3 Å². The molecule has 0 spiro atoms. The molecule has 1 N–H and O–H groups in total. The summed E-state index contributed by atoms with van der Waals surface area (Å²) in [4.78, 5) is 19.4. The highest BCUT2D eigenvalue weighted by molar-refractivity contribution is 5.93. The lowest BCUT2D eigenvalue weighted by molar-refractivity contribution is -0.118. The summed E-state index contributed by atoms with van der Waals surface area (Å²) in [6.07, 6.45) is 2.73. The van der Waals surface area contributed by atoms with Crippen molar-refractivity contribution in [2.75, 3.05) is 10.2 Å². The maximum absolute atomic E-state index is 13.4. The number of benzene rings is 3. The van der Waals surface area contributed by atoms with Crippen LogP contribution in [0.15, 0.2) is 103 Å². The van der Waals surface area contributed by atoms with Crippen LogP contribution < -0.4 is 10.2 Å². The van der Waals surface area contributed by atoms with Crippen LogP contribution in [0.4, 0.5) is 15.9 Å². The molecule has 0 unspecified atom stereocenters. The Bertz CT molecular complexity index is 1160. The van der Waals surface area contributed by atoms with E-state index in [2.05, 4.69) is 10.3 Å². The van der Waals surface area contributed by atoms with Gasteiger partial charge in [0.05, 0.1) is 6.54 Å². The van der Waals surface area contributed by atoms with Gasteiger partial charge in [0.2, 0.25) is 5.91 Å². The number of aryl methyl sites for hydroxylation is 1. The van der Waals surface area contributed by atoms with Gasteiger partial charge in [0.25, 0.3) is 0 Å². The Kier molecular flexibility index (Phi) is 7.44. The Hall–Kier alpha value is -3.99. The molecule has 0 aliphatic rings. The fourth-order valence-electron chi connectivity index (χ4n) is 3.60. The van der Waals surface area contributed by atoms with Gasteiger partial charge in [-0.15, -0.1) is 0 Å². The molecule has 4 aromatic rings. The van der Waals surface area contributed by atoms with E-state index in [9.17, 15) is 9.18 Å². The predicted octanol–water partition coefficient (Wildman–Crippen LogP) is 6.00. The van der Waals surface area contributed by atoms with Crippen molar-refractivity contribution in [2.45, 2.75) is 25.9 Å². The van der Waals surface area contributed by atoms with Crippen LogP contribution in [-0.4, -0.2) is 10.9 Å². The summed E-state index contributed by atoms with van der Waals surface area (Å²) in [5, 5.41) is 3.33. The largest absolute Gasteiger partial charge is 0.366 e. The summed E-state index contributed by atoms with van der Waals surface area (Å²) in [6, 6.07) is 30.0. The number of carbonyl (C=O) groups is 1. The number of nitrogens with one attached hydrogen (secondary N) is 1. The second kappa shape index (κ2) is 11.0. The van der Waals surface area contributed by atoms with Gasteiger partial charge in [-0.3, -0.25) is 4.79 Å². The number of rotatable bonds is 9. The van der Waals surface area contributed by atoms with E-state index in [1.54, 1.807) is 23.2 Å². The summed E-state index contributed by atoms with van der Waals surface area (Å²) in [5.74, 6) is 0.400. The van der Waals surface area contributed by atoms with E-state index in [-0.39, 0.29) is 11.7 Å². The Balaban J connectivity index is 1.52. The highest BCUT2D eigenvalue weighted by atomic mass is 19.1. The lowest BCUT2D eigenvalue weighted by Gasteiger charge is -2.24. The fourth-order valence-corrected chi connectivity index (χ4v) is 3.60. The lowest BCUT2D eigenvalue weighted by Crippen LogP contribution is -2.30. The minimum absolute atomic E-state index is 0.00314. The first-order valence-electron chi connectivity index (χ1n) is 11.0. The number of hydrogen-bond acceptors (Lipinski definition) is 3. The van der Waals surface area contributed by atoms with Gasteiger partial charge in [0.15, 0.2) is 0 Å². The van der Waals surface area contributed by atoms with Crippen LogP contribution in [0.1, 0.15) is 23.1 Å². The number of nitrogens with zero attached hydrogens (tertiary/aromatic N) is 2. The molecule has 0 fully saturated rings. The van der Waals surface area contributed by atoms with Crippen LogP contribution in [0, 0.1) is 5.82 Å². The van der Waals surface area contributed by atoms with E-state index in [0.717, 1.165) is 22.4 Å². The zero-order chi connectivity index (χ0) is 22.9. The Morgan fingerprint density at radius 1 is 0.818 bits per heavy atom. The summed E-state index contributed by atoms with van der Waals surface area (Å²) in [6.45, 7) is 0.993. The smallest absolute Gasteiger partial charge is 0.227 e. The molecule has 166 valence electrons. The summed E-state index contributed by atoms with van der Waals surface area (Å²) >= 11 is 0. The fraction of sp³-hybridized carbons (Fsp3) is 0.143. The molecule has 3 aromatic carbocycles. The van der Waals surface area contributed by atoms with Crippen LogP contribution in [0.5, 0.6) is 0 Å². The van der Waals surface area contributed by atoms with E-state index in [0.29, 0.717) is 31.7 Å². The number of anilines is 2. The van der Waals surface area contributed by atoms with Crippen molar-refractivity contribution in [3.8, 4) is 0 Å². The SMILES string of the molecule is O=C(CCc1ccccc1)N(Cc1ccc(F)cc1)c1ccnc(NCc2ccccc2)c1. The standard InChI is InChI=1S/C28H26FN3O/c29-25-14-11-24(12-15-25)21-32(28(33)16-13-22-7-3-1-4-8-22)26-17-18-30-27(19-26)31-20-23-9-5-2-6-10-23/h1-12,14-15,17-19H,13,16,20-21H2,(H,30,31). The first kappa shape index (κ1) is 22.2. The minimum Gasteiger partial charge on any atom is -0.366 e. The van der Waals surface area contributed by atoms with E-state index in [4.69, 9.17) is 0 Å². The van der Waals surface area contributed by atoms with Crippen LogP contribution in [0.2, 0.25) is 0 Å². The summed E-state index contributed by atoms with van der Waals surface area (Å²) in [7, 11) is 0. The zero-order valence-electron chi connectivity index (χ0n) is 18.3. The van der Waals surface area contributed by atoms with Gasteiger partial charge < -0.3 is 10.2 Å². The molecule has 0 bridgehead atoms. The number of halogens is 1. The van der Waals surface area contributed by atoms with E-state index < -0.39 is 0 Å². The Labute approximate surface area is 193 Å². The molecule has 0 saturated carbocycles. The molecule has 0 aliphatic carbocycles. The average molecular weight is 440 g/mol. The van der Waals surface area contributed by atoms with Crippen LogP contribution in [0.3, 0.4) is 0 Å². The van der Waals surface area contributed by atoms with Gasteiger partial charge in [-0.25, -0.2) is 9.37 Å². The number of amides is 1. The van der Waals surface area contributed by atoms with Crippen molar-refractivity contribution in [2.24, 2.45) is 0 Å². The first-order valence-corrected chi connectivity index (χ1v) is 11.0. The molecule has 1 amide bonds. The van der Waals surface area contributed by atoms with Crippen molar-refractivity contribution in [3.63, 3.8) is 0 Å². The Morgan fingerprint density at radius 3 is 2.18 bits per heavy atom. The maximum atomic E-state index is 13.4. The average Bonchev–Trinajstić information content (AvgIpc) is 2.87. The highest BCUT2D eigenvalue weighted by Gasteiger charge is 2.17. The molecule has 1 heterocycles. The third-order valence-electron chi connectivity index (χ3n) is 5.40. The molecule has 0 aliphatic heterocycles. The Morgan fingerprint density at radius 2 is 1.48 bits per heavy atom. The van der Waals surface area contributed by atoms with Crippen molar-refractivity contribution < 1.29 is 9.18 Å². The maximum Gasteiger partial charge on any atom is 0.227 e. The minimum atomic E-state index is -0.294. The molecule has 0 saturated heterocycles. The zero-order valence-corrected chi connectivity index (χ0v) is 18.3. The third-order valence-corrected chi connectivity index (χ3v) is 5.40. The quantitative estimate of drug-likeness (QED) is 0.348.